The topological polar surface area (TPSA) is 29.1 Å². The maximum Gasteiger partial charge on any atom is 0.257 e. The van der Waals surface area contributed by atoms with Crippen LogP contribution in [0.2, 0.25) is 0 Å². The monoisotopic (exact) mass is 335 g/mol. The summed E-state index contributed by atoms with van der Waals surface area (Å²) in [5.74, 6) is 0.0176. The smallest absolute Gasteiger partial charge is 0.257 e. The van der Waals surface area contributed by atoms with Gasteiger partial charge < -0.3 is 5.32 Å². The maximum absolute atomic E-state index is 12.0. The summed E-state index contributed by atoms with van der Waals surface area (Å²) in [5.41, 5.74) is 2.76. The molecule has 0 aliphatic carbocycles. The average Bonchev–Trinajstić information content (AvgIpc) is 2.78. The molecule has 0 saturated heterocycles. The molecule has 0 bridgehead atoms. The van der Waals surface area contributed by atoms with Gasteiger partial charge in [-0.2, -0.15) is 0 Å². The van der Waals surface area contributed by atoms with Gasteiger partial charge in [-0.3, -0.25) is 4.79 Å². The normalized spacial score (nSPS) is 16.0. The van der Waals surface area contributed by atoms with Gasteiger partial charge in [0, 0.05) is 15.7 Å². The van der Waals surface area contributed by atoms with Crippen molar-refractivity contribution >= 4 is 33.1 Å². The summed E-state index contributed by atoms with van der Waals surface area (Å²) in [7, 11) is 0. The third-order valence-corrected chi connectivity index (χ3v) is 4.49. The molecule has 0 saturated carbocycles. The first-order valence-corrected chi connectivity index (χ1v) is 8.32. The summed E-state index contributed by atoms with van der Waals surface area (Å²) in [4.78, 5) is 12.0. The molecule has 2 nitrogen and oxygen atoms in total. The molecule has 0 radical (unpaired) electrons. The predicted octanol–water partition coefficient (Wildman–Crippen LogP) is 5.50. The van der Waals surface area contributed by atoms with Crippen molar-refractivity contribution in [1.29, 1.82) is 0 Å². The summed E-state index contributed by atoms with van der Waals surface area (Å²) >= 11 is 3.62. The number of anilines is 1. The standard InChI is InChI=1S/C17H22BrNO/c1-2-3-4-5-6-7-11-14(18)16-13-10-8-9-12-15(13)19-17(16)20/h8-10,12H,2-7,11H2,1H3,(H,19,20)/b16-14+. The highest BCUT2D eigenvalue weighted by atomic mass is 79.9. The number of fused-ring (bicyclic) bond motifs is 1. The van der Waals surface area contributed by atoms with Gasteiger partial charge in [0.05, 0.1) is 5.57 Å². The van der Waals surface area contributed by atoms with Gasteiger partial charge in [-0.15, -0.1) is 0 Å². The number of unbranched alkanes of at least 4 members (excludes halogenated alkanes) is 5. The van der Waals surface area contributed by atoms with E-state index in [1.54, 1.807) is 0 Å². The third-order valence-electron chi connectivity index (χ3n) is 3.69. The van der Waals surface area contributed by atoms with Crippen LogP contribution >= 0.6 is 15.9 Å². The highest BCUT2D eigenvalue weighted by molar-refractivity contribution is 9.11. The second kappa shape index (κ2) is 7.63. The van der Waals surface area contributed by atoms with E-state index in [0.717, 1.165) is 34.1 Å². The molecule has 0 atom stereocenters. The minimum Gasteiger partial charge on any atom is -0.321 e. The van der Waals surface area contributed by atoms with Crippen molar-refractivity contribution < 1.29 is 4.79 Å². The Kier molecular flexibility index (Phi) is 5.84. The lowest BCUT2D eigenvalue weighted by Crippen LogP contribution is -2.04. The Balaban J connectivity index is 1.93. The molecule has 20 heavy (non-hydrogen) atoms. The molecule has 1 aromatic rings. The molecule has 1 heterocycles. The first-order valence-electron chi connectivity index (χ1n) is 7.53. The third kappa shape index (κ3) is 3.72. The number of para-hydroxylation sites is 1. The number of benzene rings is 1. The fourth-order valence-corrected chi connectivity index (χ4v) is 3.25. The Morgan fingerprint density at radius 3 is 2.60 bits per heavy atom. The summed E-state index contributed by atoms with van der Waals surface area (Å²) in [5, 5.41) is 2.92. The van der Waals surface area contributed by atoms with E-state index in [-0.39, 0.29) is 5.91 Å². The van der Waals surface area contributed by atoms with Crippen molar-refractivity contribution in [2.45, 2.75) is 51.9 Å². The molecule has 0 unspecified atom stereocenters. The zero-order chi connectivity index (χ0) is 14.4. The molecule has 1 aliphatic heterocycles. The van der Waals surface area contributed by atoms with Crippen molar-refractivity contribution in [3.05, 3.63) is 34.3 Å². The van der Waals surface area contributed by atoms with Crippen LogP contribution in [0.1, 0.15) is 57.4 Å². The Morgan fingerprint density at radius 1 is 1.10 bits per heavy atom. The molecule has 3 heteroatoms. The number of hydrogen-bond acceptors (Lipinski definition) is 1. The van der Waals surface area contributed by atoms with Crippen LogP contribution in [0.25, 0.3) is 5.57 Å². The maximum atomic E-state index is 12.0. The first-order chi connectivity index (χ1) is 9.74. The van der Waals surface area contributed by atoms with E-state index in [4.69, 9.17) is 0 Å². The van der Waals surface area contributed by atoms with Crippen molar-refractivity contribution in [3.8, 4) is 0 Å². The van der Waals surface area contributed by atoms with Crippen LogP contribution in [-0.2, 0) is 4.79 Å². The van der Waals surface area contributed by atoms with E-state index < -0.39 is 0 Å². The Morgan fingerprint density at radius 2 is 1.80 bits per heavy atom. The summed E-state index contributed by atoms with van der Waals surface area (Å²) in [6.07, 6.45) is 8.57. The zero-order valence-electron chi connectivity index (χ0n) is 12.0. The van der Waals surface area contributed by atoms with Gasteiger partial charge in [-0.25, -0.2) is 0 Å². The average molecular weight is 336 g/mol. The molecule has 2 rings (SSSR count). The number of allylic oxidation sites excluding steroid dienone is 1. The van der Waals surface area contributed by atoms with Crippen molar-refractivity contribution in [3.63, 3.8) is 0 Å². The number of amides is 1. The SMILES string of the molecule is CCCCCCCC/C(Br)=C1\C(=O)Nc2ccccc21. The minimum atomic E-state index is 0.0176. The van der Waals surface area contributed by atoms with Crippen molar-refractivity contribution in [2.75, 3.05) is 5.32 Å². The van der Waals surface area contributed by atoms with Crippen LogP contribution < -0.4 is 5.32 Å². The van der Waals surface area contributed by atoms with Crippen molar-refractivity contribution in [1.82, 2.24) is 0 Å². The molecule has 1 amide bonds. The first kappa shape index (κ1) is 15.3. The van der Waals surface area contributed by atoms with Gasteiger partial charge in [-0.1, -0.05) is 73.2 Å². The predicted molar refractivity (Wildman–Crippen MR) is 88.9 cm³/mol. The van der Waals surface area contributed by atoms with Crippen LogP contribution in [0, 0.1) is 0 Å². The quantitative estimate of drug-likeness (QED) is 0.517. The molecular weight excluding hydrogens is 314 g/mol. The number of rotatable bonds is 7. The summed E-state index contributed by atoms with van der Waals surface area (Å²) < 4.78 is 1.04. The van der Waals surface area contributed by atoms with E-state index in [0.29, 0.717) is 0 Å². The van der Waals surface area contributed by atoms with Crippen LogP contribution in [0.5, 0.6) is 0 Å². The van der Waals surface area contributed by atoms with Gasteiger partial charge >= 0.3 is 0 Å². The van der Waals surface area contributed by atoms with Gasteiger partial charge in [-0.05, 0) is 18.9 Å². The lowest BCUT2D eigenvalue weighted by Gasteiger charge is -2.04. The number of nitrogens with one attached hydrogen (secondary N) is 1. The van der Waals surface area contributed by atoms with Gasteiger partial charge in [0.1, 0.15) is 0 Å². The van der Waals surface area contributed by atoms with E-state index in [9.17, 15) is 4.79 Å². The van der Waals surface area contributed by atoms with Crippen LogP contribution in [-0.4, -0.2) is 5.91 Å². The number of halogens is 1. The van der Waals surface area contributed by atoms with Crippen LogP contribution in [0.15, 0.2) is 28.7 Å². The molecule has 1 aliphatic rings. The van der Waals surface area contributed by atoms with E-state index >= 15 is 0 Å². The summed E-state index contributed by atoms with van der Waals surface area (Å²) in [6, 6.07) is 7.88. The fraction of sp³-hybridized carbons (Fsp3) is 0.471. The lowest BCUT2D eigenvalue weighted by molar-refractivity contribution is -0.110. The Bertz CT molecular complexity index is 507. The van der Waals surface area contributed by atoms with Gasteiger partial charge in [0.15, 0.2) is 0 Å². The largest absolute Gasteiger partial charge is 0.321 e. The highest BCUT2D eigenvalue weighted by Crippen LogP contribution is 2.36. The molecular formula is C17H22BrNO. The van der Waals surface area contributed by atoms with E-state index in [2.05, 4.69) is 28.2 Å². The number of carbonyl (C=O) groups excluding carboxylic acids is 1. The molecule has 0 aromatic heterocycles. The molecule has 0 spiro atoms. The Hall–Kier alpha value is -1.09. The molecule has 108 valence electrons. The number of hydrogen-bond donors (Lipinski definition) is 1. The highest BCUT2D eigenvalue weighted by Gasteiger charge is 2.25. The fourth-order valence-electron chi connectivity index (χ4n) is 2.57. The second-order valence-corrected chi connectivity index (χ2v) is 6.25. The Labute approximate surface area is 129 Å². The second-order valence-electron chi connectivity index (χ2n) is 5.30. The van der Waals surface area contributed by atoms with E-state index in [1.807, 2.05) is 24.3 Å². The van der Waals surface area contributed by atoms with Crippen molar-refractivity contribution in [2.24, 2.45) is 0 Å². The van der Waals surface area contributed by atoms with Crippen LogP contribution in [0.3, 0.4) is 0 Å². The van der Waals surface area contributed by atoms with Crippen LogP contribution in [0.4, 0.5) is 5.69 Å². The van der Waals surface area contributed by atoms with Gasteiger partial charge in [0.2, 0.25) is 0 Å². The zero-order valence-corrected chi connectivity index (χ0v) is 13.6. The van der Waals surface area contributed by atoms with E-state index in [1.165, 1.54) is 32.1 Å². The minimum absolute atomic E-state index is 0.0176. The number of carbonyl (C=O) groups is 1. The lowest BCUT2D eigenvalue weighted by atomic mass is 10.0. The van der Waals surface area contributed by atoms with Gasteiger partial charge in [0.25, 0.3) is 5.91 Å². The molecule has 1 aromatic carbocycles. The molecule has 0 fully saturated rings. The summed E-state index contributed by atoms with van der Waals surface area (Å²) in [6.45, 7) is 2.23. The molecule has 1 N–H and O–H groups in total.